The molecule has 1 aliphatic carbocycles. The van der Waals surface area contributed by atoms with Crippen molar-refractivity contribution in [3.05, 3.63) is 63.5 Å². The van der Waals surface area contributed by atoms with Gasteiger partial charge in [0.05, 0.1) is 0 Å². The number of fused-ring (bicyclic) bond motifs is 1. The summed E-state index contributed by atoms with van der Waals surface area (Å²) in [6.07, 6.45) is -3.83. The van der Waals surface area contributed by atoms with Crippen molar-refractivity contribution < 1.29 is 22.7 Å². The number of ether oxygens (including phenoxy) is 1. The standard InChI is InChI=1S/C20H16F3N5O2S/c21-20(22,23)30-12-5-3-10(4-6-12)17-16-13(25-19-26-18(24)27-28(17)19)8-11(9-14(16)29)15-2-1-7-31-15/h1-7,11,17H,8-9H2,(H3,24,25,26,27). The molecular weight excluding hydrogens is 431 g/mol. The molecule has 3 aromatic rings. The van der Waals surface area contributed by atoms with Crippen molar-refractivity contribution in [2.75, 3.05) is 11.1 Å². The monoisotopic (exact) mass is 447 g/mol. The van der Waals surface area contributed by atoms with Gasteiger partial charge in [0.25, 0.3) is 0 Å². The molecule has 0 bridgehead atoms. The Morgan fingerprint density at radius 3 is 2.65 bits per heavy atom. The van der Waals surface area contributed by atoms with Gasteiger partial charge in [0.15, 0.2) is 5.78 Å². The van der Waals surface area contributed by atoms with E-state index in [4.69, 9.17) is 5.73 Å². The van der Waals surface area contributed by atoms with Crippen LogP contribution in [0.5, 0.6) is 5.75 Å². The lowest BCUT2D eigenvalue weighted by molar-refractivity contribution is -0.274. The van der Waals surface area contributed by atoms with Crippen LogP contribution in [0.25, 0.3) is 0 Å². The molecule has 1 aliphatic heterocycles. The molecule has 3 N–H and O–H groups in total. The van der Waals surface area contributed by atoms with Crippen molar-refractivity contribution in [1.29, 1.82) is 0 Å². The number of thiophene rings is 1. The first-order chi connectivity index (χ1) is 14.8. The highest BCUT2D eigenvalue weighted by Gasteiger charge is 2.40. The summed E-state index contributed by atoms with van der Waals surface area (Å²) in [7, 11) is 0. The number of nitrogens with one attached hydrogen (secondary N) is 1. The topological polar surface area (TPSA) is 95.1 Å². The molecular formula is C20H16F3N5O2S. The average Bonchev–Trinajstić information content (AvgIpc) is 3.34. The fourth-order valence-electron chi connectivity index (χ4n) is 4.11. The molecule has 2 atom stereocenters. The molecule has 160 valence electrons. The van der Waals surface area contributed by atoms with Gasteiger partial charge in [-0.3, -0.25) is 4.79 Å². The van der Waals surface area contributed by atoms with Gasteiger partial charge in [0.2, 0.25) is 11.9 Å². The summed E-state index contributed by atoms with van der Waals surface area (Å²) < 4.78 is 43.0. The third-order valence-electron chi connectivity index (χ3n) is 5.31. The number of hydrogen-bond acceptors (Lipinski definition) is 7. The van der Waals surface area contributed by atoms with E-state index in [1.807, 2.05) is 17.5 Å². The van der Waals surface area contributed by atoms with Gasteiger partial charge in [0.1, 0.15) is 11.8 Å². The molecule has 31 heavy (non-hydrogen) atoms. The number of carbonyl (C=O) groups excluding carboxylic acids is 1. The minimum atomic E-state index is -4.78. The Morgan fingerprint density at radius 2 is 1.97 bits per heavy atom. The maximum atomic E-state index is 13.2. The highest BCUT2D eigenvalue weighted by atomic mass is 32.1. The third kappa shape index (κ3) is 3.65. The van der Waals surface area contributed by atoms with Crippen LogP contribution in [0.3, 0.4) is 0 Å². The number of nitrogens with two attached hydrogens (primary N) is 1. The van der Waals surface area contributed by atoms with E-state index in [0.29, 0.717) is 29.9 Å². The summed E-state index contributed by atoms with van der Waals surface area (Å²) in [6, 6.07) is 8.72. The van der Waals surface area contributed by atoms with Crippen LogP contribution < -0.4 is 15.8 Å². The first-order valence-corrected chi connectivity index (χ1v) is 10.3. The Balaban J connectivity index is 1.55. The summed E-state index contributed by atoms with van der Waals surface area (Å²) in [4.78, 5) is 18.6. The van der Waals surface area contributed by atoms with Crippen molar-refractivity contribution in [1.82, 2.24) is 14.8 Å². The largest absolute Gasteiger partial charge is 0.573 e. The van der Waals surface area contributed by atoms with Crippen molar-refractivity contribution in [3.63, 3.8) is 0 Å². The fraction of sp³-hybridized carbons (Fsp3) is 0.250. The molecule has 0 saturated heterocycles. The van der Waals surface area contributed by atoms with Crippen molar-refractivity contribution in [2.45, 2.75) is 31.2 Å². The Labute approximate surface area is 178 Å². The molecule has 0 spiro atoms. The Kier molecular flexibility index (Phi) is 4.50. The van der Waals surface area contributed by atoms with Gasteiger partial charge in [-0.25, -0.2) is 4.68 Å². The van der Waals surface area contributed by atoms with Crippen molar-refractivity contribution in [3.8, 4) is 5.75 Å². The highest BCUT2D eigenvalue weighted by Crippen LogP contribution is 2.45. The predicted molar refractivity (Wildman–Crippen MR) is 108 cm³/mol. The molecule has 0 radical (unpaired) electrons. The molecule has 2 aromatic heterocycles. The summed E-state index contributed by atoms with van der Waals surface area (Å²) in [5, 5.41) is 9.37. The van der Waals surface area contributed by atoms with Crippen LogP contribution in [0.4, 0.5) is 25.1 Å². The lowest BCUT2D eigenvalue weighted by Gasteiger charge is -2.34. The van der Waals surface area contributed by atoms with Crippen LogP contribution in [-0.2, 0) is 4.79 Å². The fourth-order valence-corrected chi connectivity index (χ4v) is 4.94. The quantitative estimate of drug-likeness (QED) is 0.624. The van der Waals surface area contributed by atoms with Gasteiger partial charge in [-0.1, -0.05) is 18.2 Å². The molecule has 2 aliphatic rings. The van der Waals surface area contributed by atoms with E-state index < -0.39 is 12.4 Å². The number of nitrogens with zero attached hydrogens (tertiary/aromatic N) is 3. The number of aromatic nitrogens is 3. The zero-order valence-electron chi connectivity index (χ0n) is 15.9. The number of halogens is 3. The Hall–Kier alpha value is -3.34. The first kappa shape index (κ1) is 19.6. The SMILES string of the molecule is Nc1nc2n(n1)C(c1ccc(OC(F)(F)F)cc1)C1=C(CC(c3cccs3)CC1=O)N2. The van der Waals surface area contributed by atoms with Crippen molar-refractivity contribution >= 4 is 29.0 Å². The molecule has 7 nitrogen and oxygen atoms in total. The zero-order chi connectivity index (χ0) is 21.8. The molecule has 5 rings (SSSR count). The van der Waals surface area contributed by atoms with Gasteiger partial charge in [0, 0.05) is 28.5 Å². The van der Waals surface area contributed by atoms with Gasteiger partial charge in [-0.15, -0.1) is 29.6 Å². The van der Waals surface area contributed by atoms with Crippen LogP contribution in [0.1, 0.15) is 35.2 Å². The van der Waals surface area contributed by atoms with Crippen LogP contribution >= 0.6 is 11.3 Å². The second kappa shape index (κ2) is 7.12. The minimum absolute atomic E-state index is 0.0339. The van der Waals surface area contributed by atoms with E-state index in [0.717, 1.165) is 10.6 Å². The highest BCUT2D eigenvalue weighted by molar-refractivity contribution is 7.10. The number of carbonyl (C=O) groups is 1. The number of ketones is 1. The molecule has 1 aromatic carbocycles. The molecule has 0 fully saturated rings. The first-order valence-electron chi connectivity index (χ1n) is 9.43. The number of allylic oxidation sites excluding steroid dienone is 2. The van der Waals surface area contributed by atoms with E-state index in [9.17, 15) is 18.0 Å². The number of nitrogen functional groups attached to an aromatic ring is 1. The maximum Gasteiger partial charge on any atom is 0.573 e. The molecule has 2 unspecified atom stereocenters. The second-order valence-corrected chi connectivity index (χ2v) is 8.30. The van der Waals surface area contributed by atoms with Gasteiger partial charge >= 0.3 is 6.36 Å². The van der Waals surface area contributed by atoms with Gasteiger partial charge in [-0.05, 0) is 35.6 Å². The van der Waals surface area contributed by atoms with Crippen LogP contribution in [0.15, 0.2) is 53.0 Å². The van der Waals surface area contributed by atoms with E-state index in [1.54, 1.807) is 11.3 Å². The van der Waals surface area contributed by atoms with E-state index in [1.165, 1.54) is 28.9 Å². The number of rotatable bonds is 3. The normalized spacial score (nSPS) is 20.8. The molecule has 11 heteroatoms. The number of benzene rings is 1. The zero-order valence-corrected chi connectivity index (χ0v) is 16.7. The number of hydrogen-bond donors (Lipinski definition) is 2. The average molecular weight is 447 g/mol. The second-order valence-electron chi connectivity index (χ2n) is 7.32. The molecule has 0 amide bonds. The smallest absolute Gasteiger partial charge is 0.406 e. The summed E-state index contributed by atoms with van der Waals surface area (Å²) in [5.41, 5.74) is 7.63. The van der Waals surface area contributed by atoms with E-state index in [2.05, 4.69) is 20.1 Å². The number of Topliss-reactive ketones (excluding diaryl/α,β-unsaturated/α-hetero) is 1. The van der Waals surface area contributed by atoms with E-state index >= 15 is 0 Å². The predicted octanol–water partition coefficient (Wildman–Crippen LogP) is 4.24. The lowest BCUT2D eigenvalue weighted by atomic mass is 9.80. The maximum absolute atomic E-state index is 13.2. The molecule has 0 saturated carbocycles. The Morgan fingerprint density at radius 1 is 1.19 bits per heavy atom. The lowest BCUT2D eigenvalue weighted by Crippen LogP contribution is -2.33. The minimum Gasteiger partial charge on any atom is -0.406 e. The van der Waals surface area contributed by atoms with Gasteiger partial charge < -0.3 is 15.8 Å². The van der Waals surface area contributed by atoms with Crippen molar-refractivity contribution in [2.24, 2.45) is 0 Å². The third-order valence-corrected chi connectivity index (χ3v) is 6.35. The van der Waals surface area contributed by atoms with Crippen LogP contribution in [0.2, 0.25) is 0 Å². The van der Waals surface area contributed by atoms with E-state index in [-0.39, 0.29) is 23.4 Å². The number of alkyl halides is 3. The van der Waals surface area contributed by atoms with Gasteiger partial charge in [-0.2, -0.15) is 4.98 Å². The van der Waals surface area contributed by atoms with Crippen LogP contribution in [-0.4, -0.2) is 26.9 Å². The summed E-state index contributed by atoms with van der Waals surface area (Å²) in [6.45, 7) is 0. The Bertz CT molecular complexity index is 1170. The van der Waals surface area contributed by atoms with Crippen LogP contribution in [0, 0.1) is 0 Å². The summed E-state index contributed by atoms with van der Waals surface area (Å²) in [5.74, 6) is 0.0786. The number of anilines is 2. The molecule has 3 heterocycles. The summed E-state index contributed by atoms with van der Waals surface area (Å²) >= 11 is 1.60.